The van der Waals surface area contributed by atoms with Crippen LogP contribution in [0, 0.1) is 0 Å². The maximum Gasteiger partial charge on any atom is 0.285 e. The lowest BCUT2D eigenvalue weighted by molar-refractivity contribution is -0.00534. The van der Waals surface area contributed by atoms with Crippen LogP contribution in [0.15, 0.2) is 54.6 Å². The number of hydrogen-bond acceptors (Lipinski definition) is 2. The van der Waals surface area contributed by atoms with Crippen molar-refractivity contribution in [3.63, 3.8) is 0 Å². The predicted molar refractivity (Wildman–Crippen MR) is 79.7 cm³/mol. The van der Waals surface area contributed by atoms with Crippen LogP contribution in [0.2, 0.25) is 0 Å². The van der Waals surface area contributed by atoms with Crippen LogP contribution in [-0.2, 0) is 5.92 Å². The van der Waals surface area contributed by atoms with Crippen LogP contribution in [0.25, 0.3) is 0 Å². The summed E-state index contributed by atoms with van der Waals surface area (Å²) in [6.45, 7) is 1.47. The highest BCUT2D eigenvalue weighted by Crippen LogP contribution is 2.28. The molecule has 21 heavy (non-hydrogen) atoms. The van der Waals surface area contributed by atoms with E-state index in [1.807, 2.05) is 31.2 Å². The van der Waals surface area contributed by atoms with Crippen LogP contribution in [0.3, 0.4) is 0 Å². The lowest BCUT2D eigenvalue weighted by Gasteiger charge is -2.21. The lowest BCUT2D eigenvalue weighted by Crippen LogP contribution is -2.32. The minimum absolute atomic E-state index is 0.0273. The van der Waals surface area contributed by atoms with Gasteiger partial charge in [0.2, 0.25) is 0 Å². The summed E-state index contributed by atoms with van der Waals surface area (Å²) in [5, 5.41) is 2.88. The van der Waals surface area contributed by atoms with Crippen molar-refractivity contribution < 1.29 is 13.5 Å². The summed E-state index contributed by atoms with van der Waals surface area (Å²) < 4.78 is 33.2. The normalized spacial score (nSPS) is 13.0. The van der Waals surface area contributed by atoms with Crippen LogP contribution in [0.5, 0.6) is 5.75 Å². The van der Waals surface area contributed by atoms with Crippen LogP contribution < -0.4 is 10.1 Å². The Hall–Kier alpha value is -1.94. The molecule has 0 aliphatic carbocycles. The van der Waals surface area contributed by atoms with Crippen molar-refractivity contribution in [1.29, 1.82) is 0 Å². The fourth-order valence-corrected chi connectivity index (χ4v) is 2.08. The topological polar surface area (TPSA) is 21.3 Å². The van der Waals surface area contributed by atoms with Crippen molar-refractivity contribution in [1.82, 2.24) is 5.32 Å². The van der Waals surface area contributed by atoms with Gasteiger partial charge in [-0.1, -0.05) is 42.5 Å². The first-order valence-corrected chi connectivity index (χ1v) is 6.83. The minimum atomic E-state index is -2.89. The molecule has 4 heteroatoms. The van der Waals surface area contributed by atoms with Crippen LogP contribution in [0.1, 0.15) is 24.1 Å². The van der Waals surface area contributed by atoms with E-state index in [2.05, 4.69) is 5.32 Å². The van der Waals surface area contributed by atoms with E-state index in [0.717, 1.165) is 11.3 Å². The number of rotatable bonds is 6. The zero-order chi connectivity index (χ0) is 15.3. The second-order valence-corrected chi connectivity index (χ2v) is 4.95. The zero-order valence-electron chi connectivity index (χ0n) is 12.1. The van der Waals surface area contributed by atoms with E-state index in [-0.39, 0.29) is 11.6 Å². The molecule has 0 amide bonds. The van der Waals surface area contributed by atoms with E-state index in [1.54, 1.807) is 25.3 Å². The maximum atomic E-state index is 14.1. The van der Waals surface area contributed by atoms with Gasteiger partial charge in [-0.05, 0) is 24.6 Å². The van der Waals surface area contributed by atoms with Gasteiger partial charge in [-0.3, -0.25) is 0 Å². The summed E-state index contributed by atoms with van der Waals surface area (Å²) in [4.78, 5) is 0. The third-order valence-corrected chi connectivity index (χ3v) is 3.44. The molecule has 2 rings (SSSR count). The Morgan fingerprint density at radius 3 is 2.24 bits per heavy atom. The van der Waals surface area contributed by atoms with Gasteiger partial charge in [-0.15, -0.1) is 0 Å². The SMILES string of the molecule is COc1ccc([C@H](C)NCC(F)(F)c2ccccc2)cc1. The van der Waals surface area contributed by atoms with Crippen molar-refractivity contribution in [2.24, 2.45) is 0 Å². The first-order chi connectivity index (χ1) is 10.0. The molecule has 0 radical (unpaired) electrons. The van der Waals surface area contributed by atoms with Gasteiger partial charge in [0, 0.05) is 11.6 Å². The standard InChI is InChI=1S/C17H19F2NO/c1-13(14-8-10-16(21-2)11-9-14)20-12-17(18,19)15-6-4-3-5-7-15/h3-11,13,20H,12H2,1-2H3/t13-/m0/s1. The highest BCUT2D eigenvalue weighted by Gasteiger charge is 2.31. The monoisotopic (exact) mass is 291 g/mol. The van der Waals surface area contributed by atoms with Gasteiger partial charge in [0.25, 0.3) is 5.92 Å². The van der Waals surface area contributed by atoms with Gasteiger partial charge >= 0.3 is 0 Å². The molecule has 0 heterocycles. The molecule has 1 N–H and O–H groups in total. The molecular formula is C17H19F2NO. The van der Waals surface area contributed by atoms with Crippen molar-refractivity contribution in [3.8, 4) is 5.75 Å². The van der Waals surface area contributed by atoms with E-state index in [4.69, 9.17) is 4.74 Å². The fraction of sp³-hybridized carbons (Fsp3) is 0.294. The van der Waals surface area contributed by atoms with Gasteiger partial charge in [-0.25, -0.2) is 0 Å². The van der Waals surface area contributed by atoms with Gasteiger partial charge in [0.1, 0.15) is 5.75 Å². The smallest absolute Gasteiger partial charge is 0.285 e. The third kappa shape index (κ3) is 4.02. The van der Waals surface area contributed by atoms with Crippen LogP contribution >= 0.6 is 0 Å². The molecule has 0 bridgehead atoms. The van der Waals surface area contributed by atoms with Gasteiger partial charge in [0.15, 0.2) is 0 Å². The van der Waals surface area contributed by atoms with Gasteiger partial charge in [0.05, 0.1) is 13.7 Å². The number of ether oxygens (including phenoxy) is 1. The summed E-state index contributed by atoms with van der Waals surface area (Å²) >= 11 is 0. The number of nitrogens with one attached hydrogen (secondary N) is 1. The molecule has 112 valence electrons. The zero-order valence-corrected chi connectivity index (χ0v) is 12.1. The summed E-state index contributed by atoms with van der Waals surface area (Å²) in [6.07, 6.45) is 0. The number of benzene rings is 2. The first-order valence-electron chi connectivity index (χ1n) is 6.83. The van der Waals surface area contributed by atoms with E-state index in [0.29, 0.717) is 0 Å². The quantitative estimate of drug-likeness (QED) is 0.863. The van der Waals surface area contributed by atoms with Crippen molar-refractivity contribution >= 4 is 0 Å². The molecule has 0 spiro atoms. The van der Waals surface area contributed by atoms with Crippen LogP contribution in [-0.4, -0.2) is 13.7 Å². The number of methoxy groups -OCH3 is 1. The van der Waals surface area contributed by atoms with E-state index < -0.39 is 12.5 Å². The molecule has 2 aromatic carbocycles. The van der Waals surface area contributed by atoms with Gasteiger partial charge < -0.3 is 10.1 Å². The third-order valence-electron chi connectivity index (χ3n) is 3.44. The Morgan fingerprint density at radius 1 is 1.05 bits per heavy atom. The second kappa shape index (κ2) is 6.68. The molecular weight excluding hydrogens is 272 g/mol. The molecule has 2 aromatic rings. The summed E-state index contributed by atoms with van der Waals surface area (Å²) in [5.74, 6) is -2.14. The summed E-state index contributed by atoms with van der Waals surface area (Å²) in [7, 11) is 1.59. The van der Waals surface area contributed by atoms with Crippen molar-refractivity contribution in [3.05, 3.63) is 65.7 Å². The molecule has 0 aliphatic rings. The Kier molecular flexibility index (Phi) is 4.91. The molecule has 1 atom stereocenters. The molecule has 0 fully saturated rings. The van der Waals surface area contributed by atoms with Crippen molar-refractivity contribution in [2.45, 2.75) is 18.9 Å². The molecule has 0 aromatic heterocycles. The highest BCUT2D eigenvalue weighted by atomic mass is 19.3. The number of hydrogen-bond donors (Lipinski definition) is 1. The first kappa shape index (κ1) is 15.4. The molecule has 0 aliphatic heterocycles. The Balaban J connectivity index is 1.98. The molecule has 2 nitrogen and oxygen atoms in total. The molecule has 0 unspecified atom stereocenters. The second-order valence-electron chi connectivity index (χ2n) is 4.95. The number of halogens is 2. The molecule has 0 saturated carbocycles. The lowest BCUT2D eigenvalue weighted by atomic mass is 10.1. The van der Waals surface area contributed by atoms with Crippen molar-refractivity contribution in [2.75, 3.05) is 13.7 Å². The summed E-state index contributed by atoms with van der Waals surface area (Å²) in [6, 6.07) is 15.1. The van der Waals surface area contributed by atoms with Crippen LogP contribution in [0.4, 0.5) is 8.78 Å². The average molecular weight is 291 g/mol. The predicted octanol–water partition coefficient (Wildman–Crippen LogP) is 4.14. The minimum Gasteiger partial charge on any atom is -0.497 e. The fourth-order valence-electron chi connectivity index (χ4n) is 2.08. The maximum absolute atomic E-state index is 14.1. The summed E-state index contributed by atoms with van der Waals surface area (Å²) in [5.41, 5.74) is 0.971. The van der Waals surface area contributed by atoms with Gasteiger partial charge in [-0.2, -0.15) is 8.78 Å². The largest absolute Gasteiger partial charge is 0.497 e. The van der Waals surface area contributed by atoms with E-state index in [1.165, 1.54) is 12.1 Å². The Bertz CT molecular complexity index is 555. The average Bonchev–Trinajstić information content (AvgIpc) is 2.53. The molecule has 0 saturated heterocycles. The Morgan fingerprint density at radius 2 is 1.67 bits per heavy atom. The highest BCUT2D eigenvalue weighted by molar-refractivity contribution is 5.29. The Labute approximate surface area is 123 Å². The van der Waals surface area contributed by atoms with E-state index >= 15 is 0 Å². The number of alkyl halides is 2. The van der Waals surface area contributed by atoms with E-state index in [9.17, 15) is 8.78 Å².